The number of hydrogen-bond donors (Lipinski definition) is 0. The normalized spacial score (nSPS) is 12.4. The lowest BCUT2D eigenvalue weighted by Gasteiger charge is -2.18. The molecule has 0 bridgehead atoms. The lowest BCUT2D eigenvalue weighted by molar-refractivity contribution is -0.167. The summed E-state index contributed by atoms with van der Waals surface area (Å²) in [5.74, 6) is -0.917. The van der Waals surface area contributed by atoms with Crippen LogP contribution in [0, 0.1) is 0 Å². The molecule has 0 aromatic rings. The van der Waals surface area contributed by atoms with E-state index in [1.54, 1.807) is 0 Å². The second-order valence-corrected chi connectivity index (χ2v) is 20.0. The van der Waals surface area contributed by atoms with Crippen LogP contribution in [0.2, 0.25) is 0 Å². The van der Waals surface area contributed by atoms with Crippen LogP contribution >= 0.6 is 0 Å². The summed E-state index contributed by atoms with van der Waals surface area (Å²) in [5.41, 5.74) is 0. The van der Waals surface area contributed by atoms with Crippen LogP contribution in [-0.4, -0.2) is 37.2 Å². The Hall–Kier alpha value is -2.89. The van der Waals surface area contributed by atoms with Crippen molar-refractivity contribution < 1.29 is 28.6 Å². The molecule has 69 heavy (non-hydrogen) atoms. The molecule has 0 aromatic carbocycles. The molecule has 0 saturated heterocycles. The average molecular weight is 966 g/mol. The molecule has 0 heterocycles. The van der Waals surface area contributed by atoms with Crippen LogP contribution in [-0.2, 0) is 28.6 Å². The van der Waals surface area contributed by atoms with Crippen molar-refractivity contribution >= 4 is 17.9 Å². The lowest BCUT2D eigenvalue weighted by atomic mass is 10.1. The van der Waals surface area contributed by atoms with E-state index in [9.17, 15) is 14.4 Å². The number of ether oxygens (including phenoxy) is 3. The summed E-state index contributed by atoms with van der Waals surface area (Å²) >= 11 is 0. The van der Waals surface area contributed by atoms with Gasteiger partial charge in [-0.3, -0.25) is 14.4 Å². The highest BCUT2D eigenvalue weighted by Gasteiger charge is 2.19. The molecule has 0 saturated carbocycles. The third-order valence-electron chi connectivity index (χ3n) is 13.0. The van der Waals surface area contributed by atoms with Gasteiger partial charge in [-0.15, -0.1) is 0 Å². The Bertz CT molecular complexity index is 1250. The number of carbonyl (C=O) groups excluding carboxylic acids is 3. The Balaban J connectivity index is 4.42. The van der Waals surface area contributed by atoms with Crippen molar-refractivity contribution in [2.45, 2.75) is 309 Å². The molecular weight excluding hydrogens is 853 g/mol. The van der Waals surface area contributed by atoms with Gasteiger partial charge in [-0.25, -0.2) is 0 Å². The first-order valence-corrected chi connectivity index (χ1v) is 29.8. The molecule has 0 aromatic heterocycles. The fourth-order valence-electron chi connectivity index (χ4n) is 8.49. The fourth-order valence-corrected chi connectivity index (χ4v) is 8.49. The topological polar surface area (TPSA) is 78.9 Å². The van der Waals surface area contributed by atoms with Crippen molar-refractivity contribution in [3.8, 4) is 0 Å². The van der Waals surface area contributed by atoms with Gasteiger partial charge in [0.1, 0.15) is 13.2 Å². The standard InChI is InChI=1S/C63H112O6/c1-4-7-10-13-16-19-22-25-28-30-32-34-35-38-41-44-47-50-53-56-62(65)68-59-60(58-67-61(64)55-52-49-46-43-40-37-27-24-21-18-15-12-9-6-3)69-63(66)57-54-51-48-45-42-39-36-33-31-29-26-23-20-17-14-11-8-5-2/h23,26,29-33,36-37,40,60H,4-22,24-25,27-28,34-35,38-39,41-59H2,1-3H3/b26-23-,31-29-,32-30-,36-33-,40-37-. The maximum absolute atomic E-state index is 12.9. The molecule has 0 N–H and O–H groups in total. The van der Waals surface area contributed by atoms with E-state index in [-0.39, 0.29) is 31.1 Å². The third kappa shape index (κ3) is 55.9. The summed E-state index contributed by atoms with van der Waals surface area (Å²) in [7, 11) is 0. The number of hydrogen-bond acceptors (Lipinski definition) is 6. The zero-order chi connectivity index (χ0) is 50.0. The molecule has 0 aliphatic heterocycles. The Morgan fingerprint density at radius 3 is 0.855 bits per heavy atom. The minimum atomic E-state index is -0.793. The smallest absolute Gasteiger partial charge is 0.306 e. The fraction of sp³-hybridized carbons (Fsp3) is 0.794. The van der Waals surface area contributed by atoms with E-state index in [0.29, 0.717) is 19.3 Å². The van der Waals surface area contributed by atoms with Gasteiger partial charge >= 0.3 is 17.9 Å². The van der Waals surface area contributed by atoms with Gasteiger partial charge in [0.05, 0.1) is 0 Å². The Morgan fingerprint density at radius 2 is 0.536 bits per heavy atom. The molecule has 1 unspecified atom stereocenters. The predicted octanol–water partition coefficient (Wildman–Crippen LogP) is 20.0. The van der Waals surface area contributed by atoms with Crippen molar-refractivity contribution in [3.05, 3.63) is 60.8 Å². The van der Waals surface area contributed by atoms with Crippen LogP contribution in [0.4, 0.5) is 0 Å². The van der Waals surface area contributed by atoms with Crippen LogP contribution in [0.5, 0.6) is 0 Å². The third-order valence-corrected chi connectivity index (χ3v) is 13.0. The Kier molecular flexibility index (Phi) is 55.3. The maximum atomic E-state index is 12.9. The lowest BCUT2D eigenvalue weighted by Crippen LogP contribution is -2.30. The van der Waals surface area contributed by atoms with Crippen molar-refractivity contribution in [2.75, 3.05) is 13.2 Å². The molecular formula is C63H112O6. The first-order valence-electron chi connectivity index (χ1n) is 29.8. The van der Waals surface area contributed by atoms with Gasteiger partial charge in [0.25, 0.3) is 0 Å². The molecule has 0 amide bonds. The highest BCUT2D eigenvalue weighted by atomic mass is 16.6. The highest BCUT2D eigenvalue weighted by molar-refractivity contribution is 5.71. The Morgan fingerprint density at radius 1 is 0.290 bits per heavy atom. The Labute approximate surface area is 428 Å². The van der Waals surface area contributed by atoms with E-state index in [1.807, 2.05) is 0 Å². The molecule has 6 nitrogen and oxygen atoms in total. The number of carbonyl (C=O) groups is 3. The van der Waals surface area contributed by atoms with Crippen molar-refractivity contribution in [1.29, 1.82) is 0 Å². The number of allylic oxidation sites excluding steroid dienone is 10. The predicted molar refractivity (Wildman–Crippen MR) is 298 cm³/mol. The summed E-state index contributed by atoms with van der Waals surface area (Å²) in [5, 5.41) is 0. The van der Waals surface area contributed by atoms with E-state index < -0.39 is 6.10 Å². The molecule has 0 spiro atoms. The summed E-state index contributed by atoms with van der Waals surface area (Å²) in [6.07, 6.45) is 72.1. The van der Waals surface area contributed by atoms with Crippen molar-refractivity contribution in [2.24, 2.45) is 0 Å². The SMILES string of the molecule is CCCCCCC\C=C/C=C\C=C/CCCCCCCC(=O)OC(COC(=O)CCCCC/C=C\CCCCCCCCC)COC(=O)CCCCCCCCC/C=C\CCCCCCCCCC. The highest BCUT2D eigenvalue weighted by Crippen LogP contribution is 2.15. The summed E-state index contributed by atoms with van der Waals surface area (Å²) in [6.45, 7) is 6.61. The van der Waals surface area contributed by atoms with E-state index in [4.69, 9.17) is 14.2 Å². The van der Waals surface area contributed by atoms with Gasteiger partial charge in [0.2, 0.25) is 0 Å². The van der Waals surface area contributed by atoms with Crippen LogP contribution < -0.4 is 0 Å². The van der Waals surface area contributed by atoms with Crippen LogP contribution in [0.25, 0.3) is 0 Å². The number of esters is 3. The zero-order valence-corrected chi connectivity index (χ0v) is 45.8. The van der Waals surface area contributed by atoms with Gasteiger partial charge < -0.3 is 14.2 Å². The average Bonchev–Trinajstić information content (AvgIpc) is 3.35. The molecule has 0 fully saturated rings. The molecule has 400 valence electrons. The van der Waals surface area contributed by atoms with Crippen LogP contribution in [0.15, 0.2) is 60.8 Å². The van der Waals surface area contributed by atoms with Gasteiger partial charge in [-0.2, -0.15) is 0 Å². The molecule has 6 heteroatoms. The first kappa shape index (κ1) is 66.1. The van der Waals surface area contributed by atoms with Gasteiger partial charge in [-0.1, -0.05) is 248 Å². The van der Waals surface area contributed by atoms with E-state index in [1.165, 1.54) is 167 Å². The van der Waals surface area contributed by atoms with Gasteiger partial charge in [0, 0.05) is 19.3 Å². The molecule has 0 radical (unpaired) electrons. The van der Waals surface area contributed by atoms with E-state index >= 15 is 0 Å². The van der Waals surface area contributed by atoms with Crippen molar-refractivity contribution in [3.63, 3.8) is 0 Å². The second-order valence-electron chi connectivity index (χ2n) is 20.0. The number of rotatable bonds is 54. The quantitative estimate of drug-likeness (QED) is 0.0199. The largest absolute Gasteiger partial charge is 0.462 e. The number of unbranched alkanes of at least 4 members (excludes halogenated alkanes) is 35. The molecule has 1 atom stereocenters. The van der Waals surface area contributed by atoms with Crippen LogP contribution in [0.1, 0.15) is 303 Å². The second kappa shape index (κ2) is 57.7. The summed E-state index contributed by atoms with van der Waals surface area (Å²) < 4.78 is 16.9. The minimum Gasteiger partial charge on any atom is -0.462 e. The zero-order valence-electron chi connectivity index (χ0n) is 45.8. The van der Waals surface area contributed by atoms with Crippen molar-refractivity contribution in [1.82, 2.24) is 0 Å². The van der Waals surface area contributed by atoms with Crippen LogP contribution in [0.3, 0.4) is 0 Å². The first-order chi connectivity index (χ1) is 34.0. The molecule has 0 aliphatic rings. The van der Waals surface area contributed by atoms with Gasteiger partial charge in [-0.05, 0) is 96.3 Å². The monoisotopic (exact) mass is 965 g/mol. The van der Waals surface area contributed by atoms with Gasteiger partial charge in [0.15, 0.2) is 6.10 Å². The molecule has 0 rings (SSSR count). The molecule has 0 aliphatic carbocycles. The van der Waals surface area contributed by atoms with E-state index in [2.05, 4.69) is 81.5 Å². The minimum absolute atomic E-state index is 0.0886. The summed E-state index contributed by atoms with van der Waals surface area (Å²) in [4.78, 5) is 38.2. The summed E-state index contributed by atoms with van der Waals surface area (Å²) in [6, 6.07) is 0. The van der Waals surface area contributed by atoms with E-state index in [0.717, 1.165) is 96.3 Å². The maximum Gasteiger partial charge on any atom is 0.306 e.